The molecule has 6 nitrogen and oxygen atoms in total. The zero-order chi connectivity index (χ0) is 15.7. The molecule has 0 aromatic carbocycles. The van der Waals surface area contributed by atoms with Gasteiger partial charge in [0.2, 0.25) is 0 Å². The number of rotatable bonds is 3. The molecule has 120 valence electrons. The van der Waals surface area contributed by atoms with Gasteiger partial charge in [-0.2, -0.15) is 0 Å². The number of likely N-dealkylation sites (tertiary alicyclic amines) is 1. The molecule has 2 aliphatic rings. The molecule has 2 fully saturated rings. The van der Waals surface area contributed by atoms with Crippen molar-refractivity contribution in [2.75, 3.05) is 18.4 Å². The maximum Gasteiger partial charge on any atom is 0.410 e. The van der Waals surface area contributed by atoms with Gasteiger partial charge >= 0.3 is 6.09 Å². The number of nitrogens with one attached hydrogen (secondary N) is 1. The number of ether oxygens (including phenoxy) is 1. The molecule has 1 saturated heterocycles. The highest BCUT2D eigenvalue weighted by Gasteiger charge is 2.34. The van der Waals surface area contributed by atoms with Crippen molar-refractivity contribution in [3.8, 4) is 0 Å². The van der Waals surface area contributed by atoms with E-state index in [-0.39, 0.29) is 12.1 Å². The van der Waals surface area contributed by atoms with Crippen LogP contribution in [-0.2, 0) is 4.74 Å². The Labute approximate surface area is 131 Å². The lowest BCUT2D eigenvalue weighted by atomic mass is 9.83. The number of hydrogen-bond acceptors (Lipinski definition) is 5. The summed E-state index contributed by atoms with van der Waals surface area (Å²) >= 11 is 0. The second-order valence-electron chi connectivity index (χ2n) is 7.18. The van der Waals surface area contributed by atoms with Gasteiger partial charge in [0.25, 0.3) is 0 Å². The Kier molecular flexibility index (Phi) is 3.93. The van der Waals surface area contributed by atoms with Crippen LogP contribution in [0.5, 0.6) is 0 Å². The van der Waals surface area contributed by atoms with Crippen LogP contribution in [0.1, 0.15) is 51.6 Å². The van der Waals surface area contributed by atoms with Gasteiger partial charge in [0.05, 0.1) is 6.04 Å². The lowest BCUT2D eigenvalue weighted by molar-refractivity contribution is 0.0104. The van der Waals surface area contributed by atoms with Crippen molar-refractivity contribution in [1.82, 2.24) is 14.9 Å². The van der Waals surface area contributed by atoms with Crippen molar-refractivity contribution in [3.63, 3.8) is 0 Å². The Morgan fingerprint density at radius 3 is 2.64 bits per heavy atom. The van der Waals surface area contributed by atoms with Crippen LogP contribution in [0.25, 0.3) is 0 Å². The van der Waals surface area contributed by atoms with E-state index in [4.69, 9.17) is 4.74 Å². The van der Waals surface area contributed by atoms with E-state index in [1.165, 1.54) is 19.3 Å². The zero-order valence-electron chi connectivity index (χ0n) is 13.5. The van der Waals surface area contributed by atoms with Crippen LogP contribution in [0.3, 0.4) is 0 Å². The molecule has 1 aliphatic carbocycles. The predicted molar refractivity (Wildman–Crippen MR) is 83.8 cm³/mol. The zero-order valence-corrected chi connectivity index (χ0v) is 13.5. The van der Waals surface area contributed by atoms with E-state index < -0.39 is 5.60 Å². The monoisotopic (exact) mass is 304 g/mol. The van der Waals surface area contributed by atoms with Gasteiger partial charge in [0.15, 0.2) is 0 Å². The molecular weight excluding hydrogens is 280 g/mol. The highest BCUT2D eigenvalue weighted by molar-refractivity contribution is 5.69. The number of carbonyl (C=O) groups excluding carboxylic acids is 1. The molecule has 0 unspecified atom stereocenters. The van der Waals surface area contributed by atoms with Gasteiger partial charge in [-0.15, -0.1) is 0 Å². The molecule has 0 radical (unpaired) electrons. The quantitative estimate of drug-likeness (QED) is 0.930. The summed E-state index contributed by atoms with van der Waals surface area (Å²) in [6, 6.07) is 2.27. The SMILES string of the molecule is CC(C)(C)OC(=O)N1CC(Nc2cc(C3CCC3)ncn2)C1. The lowest BCUT2D eigenvalue weighted by Crippen LogP contribution is -2.58. The maximum atomic E-state index is 11.9. The van der Waals surface area contributed by atoms with Gasteiger partial charge in [-0.3, -0.25) is 0 Å². The fraction of sp³-hybridized carbons (Fsp3) is 0.688. The number of nitrogens with zero attached hydrogens (tertiary/aromatic N) is 3. The number of aromatic nitrogens is 2. The Bertz CT molecular complexity index is 545. The first-order valence-corrected chi connectivity index (χ1v) is 7.97. The first kappa shape index (κ1) is 15.1. The van der Waals surface area contributed by atoms with Gasteiger partial charge < -0.3 is 15.0 Å². The van der Waals surface area contributed by atoms with Crippen molar-refractivity contribution in [3.05, 3.63) is 18.1 Å². The Hall–Kier alpha value is -1.85. The molecule has 3 rings (SSSR count). The molecule has 1 aromatic rings. The van der Waals surface area contributed by atoms with Crippen LogP contribution < -0.4 is 5.32 Å². The number of carbonyl (C=O) groups is 1. The van der Waals surface area contributed by atoms with E-state index in [0.29, 0.717) is 19.0 Å². The fourth-order valence-corrected chi connectivity index (χ4v) is 2.63. The number of hydrogen-bond donors (Lipinski definition) is 1. The summed E-state index contributed by atoms with van der Waals surface area (Å²) in [6.07, 6.45) is 5.13. The third kappa shape index (κ3) is 3.48. The molecule has 0 spiro atoms. The van der Waals surface area contributed by atoms with Crippen LogP contribution in [0.15, 0.2) is 12.4 Å². The van der Waals surface area contributed by atoms with Crippen LogP contribution in [0, 0.1) is 0 Å². The molecule has 0 atom stereocenters. The van der Waals surface area contributed by atoms with Crippen LogP contribution in [0.4, 0.5) is 10.6 Å². The normalized spacial score (nSPS) is 19.3. The van der Waals surface area contributed by atoms with Gasteiger partial charge in [-0.1, -0.05) is 6.42 Å². The Balaban J connectivity index is 1.49. The largest absolute Gasteiger partial charge is 0.444 e. The number of amides is 1. The van der Waals surface area contributed by atoms with Gasteiger partial charge in [-0.25, -0.2) is 14.8 Å². The van der Waals surface area contributed by atoms with Crippen LogP contribution in [-0.4, -0.2) is 45.7 Å². The molecule has 0 bridgehead atoms. The molecule has 1 N–H and O–H groups in total. The smallest absolute Gasteiger partial charge is 0.410 e. The van der Waals surface area contributed by atoms with E-state index in [1.54, 1.807) is 11.2 Å². The molecule has 1 saturated carbocycles. The highest BCUT2D eigenvalue weighted by atomic mass is 16.6. The lowest BCUT2D eigenvalue weighted by Gasteiger charge is -2.40. The summed E-state index contributed by atoms with van der Waals surface area (Å²) in [5, 5.41) is 3.37. The minimum Gasteiger partial charge on any atom is -0.444 e. The summed E-state index contributed by atoms with van der Waals surface area (Å²) in [4.78, 5) is 22.2. The molecular formula is C16H24N4O2. The third-order valence-corrected chi connectivity index (χ3v) is 4.10. The minimum absolute atomic E-state index is 0.233. The maximum absolute atomic E-state index is 11.9. The molecule has 1 amide bonds. The van der Waals surface area contributed by atoms with Crippen molar-refractivity contribution in [1.29, 1.82) is 0 Å². The summed E-state index contributed by atoms with van der Waals surface area (Å²) in [5.74, 6) is 1.45. The first-order chi connectivity index (χ1) is 10.4. The van der Waals surface area contributed by atoms with Crippen LogP contribution >= 0.6 is 0 Å². The average molecular weight is 304 g/mol. The highest BCUT2D eigenvalue weighted by Crippen LogP contribution is 2.35. The molecule has 2 heterocycles. The first-order valence-electron chi connectivity index (χ1n) is 7.97. The molecule has 1 aromatic heterocycles. The molecule has 22 heavy (non-hydrogen) atoms. The van der Waals surface area contributed by atoms with E-state index >= 15 is 0 Å². The van der Waals surface area contributed by atoms with Gasteiger partial charge in [0.1, 0.15) is 17.7 Å². The second kappa shape index (κ2) is 5.74. The van der Waals surface area contributed by atoms with E-state index in [0.717, 1.165) is 11.5 Å². The summed E-state index contributed by atoms with van der Waals surface area (Å²) < 4.78 is 5.35. The van der Waals surface area contributed by atoms with Crippen molar-refractivity contribution >= 4 is 11.9 Å². The second-order valence-corrected chi connectivity index (χ2v) is 7.18. The summed E-state index contributed by atoms with van der Waals surface area (Å²) in [5.41, 5.74) is 0.687. The van der Waals surface area contributed by atoms with E-state index in [1.807, 2.05) is 26.8 Å². The van der Waals surface area contributed by atoms with Crippen molar-refractivity contribution < 1.29 is 9.53 Å². The summed E-state index contributed by atoms with van der Waals surface area (Å²) in [7, 11) is 0. The van der Waals surface area contributed by atoms with Crippen molar-refractivity contribution in [2.45, 2.75) is 57.6 Å². The Morgan fingerprint density at radius 1 is 1.32 bits per heavy atom. The van der Waals surface area contributed by atoms with E-state index in [9.17, 15) is 4.79 Å². The van der Waals surface area contributed by atoms with Crippen LogP contribution in [0.2, 0.25) is 0 Å². The summed E-state index contributed by atoms with van der Waals surface area (Å²) in [6.45, 7) is 6.94. The fourth-order valence-electron chi connectivity index (χ4n) is 2.63. The topological polar surface area (TPSA) is 67.3 Å². The third-order valence-electron chi connectivity index (χ3n) is 4.10. The van der Waals surface area contributed by atoms with Crippen molar-refractivity contribution in [2.24, 2.45) is 0 Å². The molecule has 6 heteroatoms. The molecule has 1 aliphatic heterocycles. The average Bonchev–Trinajstić information content (AvgIpc) is 2.29. The number of anilines is 1. The standard InChI is InChI=1S/C16H24N4O2/c1-16(2,3)22-15(21)20-8-12(9-20)19-14-7-13(17-10-18-14)11-5-4-6-11/h7,10-12H,4-6,8-9H2,1-3H3,(H,17,18,19). The minimum atomic E-state index is -0.445. The van der Waals surface area contributed by atoms with E-state index in [2.05, 4.69) is 15.3 Å². The van der Waals surface area contributed by atoms with Gasteiger partial charge in [0, 0.05) is 30.8 Å². The van der Waals surface area contributed by atoms with Gasteiger partial charge in [-0.05, 0) is 33.6 Å². The Morgan fingerprint density at radius 2 is 2.05 bits per heavy atom. The predicted octanol–water partition coefficient (Wildman–Crippen LogP) is 2.78.